The minimum absolute atomic E-state index is 0.102. The number of amides is 2. The number of benzene rings is 2. The second-order valence-electron chi connectivity index (χ2n) is 5.70. The molecule has 2 aromatic carbocycles. The number of rotatable bonds is 8. The molecular weight excluding hydrogens is 354 g/mol. The van der Waals surface area contributed by atoms with Crippen LogP contribution in [0, 0.1) is 0 Å². The Hall–Kier alpha value is -3.22. The first kappa shape index (κ1) is 20.1. The van der Waals surface area contributed by atoms with Gasteiger partial charge in [-0.1, -0.05) is 24.3 Å². The Morgan fingerprint density at radius 2 is 1.74 bits per heavy atom. The zero-order valence-corrected chi connectivity index (χ0v) is 14.7. The van der Waals surface area contributed by atoms with Crippen molar-refractivity contribution in [3.05, 3.63) is 65.7 Å². The highest BCUT2D eigenvalue weighted by atomic mass is 19.3. The number of alkyl halides is 2. The normalized spacial score (nSPS) is 10.8. The van der Waals surface area contributed by atoms with Gasteiger partial charge in [-0.05, 0) is 47.9 Å². The molecule has 0 aliphatic rings. The van der Waals surface area contributed by atoms with Crippen LogP contribution in [0.5, 0.6) is 5.75 Å². The number of anilines is 1. The van der Waals surface area contributed by atoms with E-state index in [1.165, 1.54) is 25.1 Å². The van der Waals surface area contributed by atoms with Gasteiger partial charge in [-0.3, -0.25) is 9.59 Å². The summed E-state index contributed by atoms with van der Waals surface area (Å²) in [5.74, 6) is -0.280. The van der Waals surface area contributed by atoms with Crippen LogP contribution in [0.15, 0.2) is 54.6 Å². The molecule has 142 valence electrons. The van der Waals surface area contributed by atoms with Crippen molar-refractivity contribution in [3.63, 3.8) is 0 Å². The third-order valence-electron chi connectivity index (χ3n) is 3.52. The van der Waals surface area contributed by atoms with Crippen LogP contribution in [0.1, 0.15) is 18.1 Å². The van der Waals surface area contributed by atoms with E-state index in [9.17, 15) is 18.4 Å². The van der Waals surface area contributed by atoms with Crippen LogP contribution in [-0.4, -0.2) is 25.0 Å². The highest BCUT2D eigenvalue weighted by Crippen LogP contribution is 2.15. The van der Waals surface area contributed by atoms with E-state index in [4.69, 9.17) is 0 Å². The van der Waals surface area contributed by atoms with E-state index >= 15 is 0 Å². The van der Waals surface area contributed by atoms with Gasteiger partial charge in [-0.15, -0.1) is 0 Å². The summed E-state index contributed by atoms with van der Waals surface area (Å²) in [6.07, 6.45) is 3.66. The van der Waals surface area contributed by atoms with Crippen molar-refractivity contribution in [1.82, 2.24) is 5.32 Å². The molecule has 0 spiro atoms. The zero-order chi connectivity index (χ0) is 19.6. The lowest BCUT2D eigenvalue weighted by atomic mass is 10.1. The molecule has 0 radical (unpaired) electrons. The van der Waals surface area contributed by atoms with Gasteiger partial charge in [0.1, 0.15) is 5.75 Å². The first-order chi connectivity index (χ1) is 12.9. The molecular formula is C20H20F2N2O3. The predicted molar refractivity (Wildman–Crippen MR) is 99.6 cm³/mol. The topological polar surface area (TPSA) is 67.4 Å². The van der Waals surface area contributed by atoms with Crippen molar-refractivity contribution in [3.8, 4) is 5.75 Å². The van der Waals surface area contributed by atoms with Crippen molar-refractivity contribution in [1.29, 1.82) is 0 Å². The van der Waals surface area contributed by atoms with E-state index in [0.717, 1.165) is 11.1 Å². The largest absolute Gasteiger partial charge is 0.435 e. The van der Waals surface area contributed by atoms with Crippen molar-refractivity contribution in [2.45, 2.75) is 20.0 Å². The number of carbonyl (C=O) groups is 2. The van der Waals surface area contributed by atoms with E-state index < -0.39 is 6.61 Å². The van der Waals surface area contributed by atoms with Crippen molar-refractivity contribution >= 4 is 23.6 Å². The lowest BCUT2D eigenvalue weighted by Crippen LogP contribution is -2.23. The number of nitrogens with one attached hydrogen (secondary N) is 2. The van der Waals surface area contributed by atoms with Crippen LogP contribution in [0.4, 0.5) is 14.5 Å². The fraction of sp³-hybridized carbons (Fsp3) is 0.200. The Labute approximate surface area is 156 Å². The van der Waals surface area contributed by atoms with E-state index in [0.29, 0.717) is 18.7 Å². The first-order valence-electron chi connectivity index (χ1n) is 8.30. The average molecular weight is 374 g/mol. The zero-order valence-electron chi connectivity index (χ0n) is 14.7. The van der Waals surface area contributed by atoms with Gasteiger partial charge in [0.25, 0.3) is 0 Å². The number of carbonyl (C=O) groups excluding carboxylic acids is 2. The van der Waals surface area contributed by atoms with Gasteiger partial charge in [0.05, 0.1) is 0 Å². The Bertz CT molecular complexity index is 788. The average Bonchev–Trinajstić information content (AvgIpc) is 2.62. The molecule has 0 aliphatic carbocycles. The van der Waals surface area contributed by atoms with Gasteiger partial charge in [-0.25, -0.2) is 0 Å². The molecule has 2 N–H and O–H groups in total. The van der Waals surface area contributed by atoms with Gasteiger partial charge in [0.15, 0.2) is 0 Å². The smallest absolute Gasteiger partial charge is 0.387 e. The summed E-state index contributed by atoms with van der Waals surface area (Å²) in [5, 5.41) is 5.42. The summed E-state index contributed by atoms with van der Waals surface area (Å²) in [6, 6.07) is 13.4. The van der Waals surface area contributed by atoms with Crippen LogP contribution in [0.3, 0.4) is 0 Å². The maximum atomic E-state index is 12.1. The van der Waals surface area contributed by atoms with Crippen molar-refractivity contribution in [2.24, 2.45) is 0 Å². The van der Waals surface area contributed by atoms with E-state index in [1.807, 2.05) is 0 Å². The predicted octanol–water partition coefficient (Wildman–Crippen LogP) is 3.62. The molecule has 0 atom stereocenters. The molecule has 0 heterocycles. The molecule has 0 fully saturated rings. The highest BCUT2D eigenvalue weighted by Gasteiger charge is 2.04. The molecule has 7 heteroatoms. The van der Waals surface area contributed by atoms with Crippen LogP contribution < -0.4 is 15.4 Å². The Kier molecular flexibility index (Phi) is 7.49. The Morgan fingerprint density at radius 1 is 1.07 bits per heavy atom. The summed E-state index contributed by atoms with van der Waals surface area (Å²) >= 11 is 0. The van der Waals surface area contributed by atoms with Crippen LogP contribution in [-0.2, 0) is 16.0 Å². The summed E-state index contributed by atoms with van der Waals surface area (Å²) in [6.45, 7) is -0.993. The molecule has 27 heavy (non-hydrogen) atoms. The van der Waals surface area contributed by atoms with E-state index in [-0.39, 0.29) is 17.6 Å². The van der Waals surface area contributed by atoms with Gasteiger partial charge >= 0.3 is 6.61 Å². The van der Waals surface area contributed by atoms with Crippen LogP contribution in [0.2, 0.25) is 0 Å². The monoisotopic (exact) mass is 374 g/mol. The van der Waals surface area contributed by atoms with Crippen molar-refractivity contribution in [2.75, 3.05) is 11.9 Å². The molecule has 0 aliphatic heterocycles. The van der Waals surface area contributed by atoms with Crippen LogP contribution >= 0.6 is 0 Å². The summed E-state index contributed by atoms with van der Waals surface area (Å²) in [7, 11) is 0. The lowest BCUT2D eigenvalue weighted by Gasteiger charge is -2.06. The first-order valence-corrected chi connectivity index (χ1v) is 8.30. The van der Waals surface area contributed by atoms with E-state index in [2.05, 4.69) is 15.4 Å². The molecule has 0 bridgehead atoms. The fourth-order valence-electron chi connectivity index (χ4n) is 2.28. The minimum Gasteiger partial charge on any atom is -0.435 e. The molecule has 2 amide bonds. The number of halogens is 2. The molecule has 0 aromatic heterocycles. The van der Waals surface area contributed by atoms with Gasteiger partial charge in [-0.2, -0.15) is 8.78 Å². The Balaban J connectivity index is 1.75. The third-order valence-corrected chi connectivity index (χ3v) is 3.52. The lowest BCUT2D eigenvalue weighted by molar-refractivity contribution is -0.116. The second-order valence-corrected chi connectivity index (χ2v) is 5.70. The molecule has 0 unspecified atom stereocenters. The maximum Gasteiger partial charge on any atom is 0.387 e. The highest BCUT2D eigenvalue weighted by molar-refractivity contribution is 5.92. The fourth-order valence-corrected chi connectivity index (χ4v) is 2.28. The molecule has 2 rings (SSSR count). The van der Waals surface area contributed by atoms with Crippen LogP contribution in [0.25, 0.3) is 6.08 Å². The SMILES string of the molecule is CC(=O)Nc1ccc(/C=C/C(=O)NCCc2ccc(OC(F)F)cc2)cc1. The van der Waals surface area contributed by atoms with E-state index in [1.54, 1.807) is 42.5 Å². The van der Waals surface area contributed by atoms with Crippen molar-refractivity contribution < 1.29 is 23.1 Å². The van der Waals surface area contributed by atoms with Gasteiger partial charge < -0.3 is 15.4 Å². The molecule has 5 nitrogen and oxygen atoms in total. The molecule has 2 aromatic rings. The number of hydrogen-bond donors (Lipinski definition) is 2. The standard InChI is InChI=1S/C20H20F2N2O3/c1-14(25)24-17-7-2-15(3-8-17)6-11-19(26)23-13-12-16-4-9-18(10-5-16)27-20(21)22/h2-11,20H,12-13H2,1H3,(H,23,26)(H,24,25)/b11-6+. The quantitative estimate of drug-likeness (QED) is 0.694. The Morgan fingerprint density at radius 3 is 2.33 bits per heavy atom. The maximum absolute atomic E-state index is 12.1. The molecule has 0 saturated heterocycles. The third kappa shape index (κ3) is 7.68. The summed E-state index contributed by atoms with van der Waals surface area (Å²) in [4.78, 5) is 22.8. The van der Waals surface area contributed by atoms with Gasteiger partial charge in [0, 0.05) is 25.2 Å². The second kappa shape index (κ2) is 10.1. The summed E-state index contributed by atoms with van der Waals surface area (Å²) < 4.78 is 28.4. The minimum atomic E-state index is -2.84. The number of ether oxygens (including phenoxy) is 1. The summed E-state index contributed by atoms with van der Waals surface area (Å²) in [5.41, 5.74) is 2.41. The van der Waals surface area contributed by atoms with Gasteiger partial charge in [0.2, 0.25) is 11.8 Å². The molecule has 0 saturated carbocycles. The number of hydrogen-bond acceptors (Lipinski definition) is 3.